The van der Waals surface area contributed by atoms with Gasteiger partial charge in [-0.2, -0.15) is 0 Å². The molecule has 2 aromatic carbocycles. The van der Waals surface area contributed by atoms with Crippen LogP contribution in [0.2, 0.25) is 0 Å². The summed E-state index contributed by atoms with van der Waals surface area (Å²) in [4.78, 5) is 12.3. The fourth-order valence-corrected chi connectivity index (χ4v) is 2.14. The van der Waals surface area contributed by atoms with E-state index in [-0.39, 0.29) is 0 Å². The minimum atomic E-state index is -0.468. The number of rotatable bonds is 4. The Morgan fingerprint density at radius 1 is 1.05 bits per heavy atom. The molecule has 22 heavy (non-hydrogen) atoms. The van der Waals surface area contributed by atoms with Gasteiger partial charge in [0.05, 0.1) is 12.2 Å². The largest absolute Gasteiger partial charge is 0.490 e. The highest BCUT2D eigenvalue weighted by atomic mass is 16.6. The third-order valence-electron chi connectivity index (χ3n) is 3.13. The fraction of sp³-hybridized carbons (Fsp3) is 0.235. The van der Waals surface area contributed by atoms with Crippen LogP contribution in [-0.4, -0.2) is 25.8 Å². The van der Waals surface area contributed by atoms with Gasteiger partial charge in [-0.1, -0.05) is 12.1 Å². The topological polar surface area (TPSA) is 54.0 Å². The Labute approximate surface area is 128 Å². The van der Waals surface area contributed by atoms with Gasteiger partial charge in [-0.05, 0) is 37.3 Å². The summed E-state index contributed by atoms with van der Waals surface area (Å²) in [5.74, 6) is 1.65. The van der Waals surface area contributed by atoms with Crippen molar-refractivity contribution in [3.63, 3.8) is 0 Å². The predicted octanol–water partition coefficient (Wildman–Crippen LogP) is 3.08. The maximum atomic E-state index is 12.3. The van der Waals surface area contributed by atoms with Gasteiger partial charge in [0.1, 0.15) is 13.2 Å². The van der Waals surface area contributed by atoms with Gasteiger partial charge in [0.25, 0.3) is 0 Å². The molecule has 0 aliphatic carbocycles. The molecule has 1 aliphatic heterocycles. The van der Waals surface area contributed by atoms with Crippen LogP contribution in [0.25, 0.3) is 0 Å². The van der Waals surface area contributed by atoms with Gasteiger partial charge in [0, 0.05) is 0 Å². The van der Waals surface area contributed by atoms with Crippen LogP contribution in [0.3, 0.4) is 0 Å². The highest BCUT2D eigenvalue weighted by Gasteiger charge is 2.17. The van der Waals surface area contributed by atoms with Crippen molar-refractivity contribution in [2.45, 2.75) is 6.92 Å². The summed E-state index contributed by atoms with van der Waals surface area (Å²) in [6.07, 6.45) is 0. The van der Waals surface area contributed by atoms with E-state index < -0.39 is 5.97 Å². The second-order valence-corrected chi connectivity index (χ2v) is 4.63. The Morgan fingerprint density at radius 2 is 1.77 bits per heavy atom. The Morgan fingerprint density at radius 3 is 2.55 bits per heavy atom. The van der Waals surface area contributed by atoms with Crippen LogP contribution in [0, 0.1) is 0 Å². The fourth-order valence-electron chi connectivity index (χ4n) is 2.14. The Bertz CT molecular complexity index is 680. The van der Waals surface area contributed by atoms with Crippen LogP contribution in [0.15, 0.2) is 42.5 Å². The highest BCUT2D eigenvalue weighted by molar-refractivity contribution is 5.92. The Balaban J connectivity index is 1.80. The van der Waals surface area contributed by atoms with Crippen molar-refractivity contribution in [1.82, 2.24) is 0 Å². The van der Waals surface area contributed by atoms with Crippen molar-refractivity contribution in [1.29, 1.82) is 0 Å². The molecule has 0 N–H and O–H groups in total. The SMILES string of the molecule is CCOc1ccccc1OC(=O)c1ccc2c(c1)OCCO2. The predicted molar refractivity (Wildman–Crippen MR) is 80.0 cm³/mol. The number of benzene rings is 2. The van der Waals surface area contributed by atoms with Crippen molar-refractivity contribution in [3.8, 4) is 23.0 Å². The lowest BCUT2D eigenvalue weighted by molar-refractivity contribution is 0.0727. The lowest BCUT2D eigenvalue weighted by atomic mass is 10.2. The number of hydrogen-bond donors (Lipinski definition) is 0. The van der Waals surface area contributed by atoms with Crippen molar-refractivity contribution in [2.24, 2.45) is 0 Å². The molecular weight excluding hydrogens is 284 g/mol. The summed E-state index contributed by atoms with van der Waals surface area (Å²) in [7, 11) is 0. The van der Waals surface area contributed by atoms with Crippen LogP contribution >= 0.6 is 0 Å². The Hall–Kier alpha value is -2.69. The molecule has 0 bridgehead atoms. The average molecular weight is 300 g/mol. The van der Waals surface area contributed by atoms with E-state index in [2.05, 4.69) is 0 Å². The van der Waals surface area contributed by atoms with Crippen LogP contribution in [0.1, 0.15) is 17.3 Å². The molecule has 5 nitrogen and oxygen atoms in total. The molecule has 0 saturated heterocycles. The molecule has 5 heteroatoms. The van der Waals surface area contributed by atoms with Crippen LogP contribution in [0.5, 0.6) is 23.0 Å². The summed E-state index contributed by atoms with van der Waals surface area (Å²) in [5, 5.41) is 0. The van der Waals surface area contributed by atoms with Gasteiger partial charge < -0.3 is 18.9 Å². The van der Waals surface area contributed by atoms with Crippen molar-refractivity contribution in [2.75, 3.05) is 19.8 Å². The first-order valence-electron chi connectivity index (χ1n) is 7.11. The first kappa shape index (κ1) is 14.3. The van der Waals surface area contributed by atoms with Gasteiger partial charge in [0.15, 0.2) is 23.0 Å². The number of ether oxygens (including phenoxy) is 4. The normalized spacial score (nSPS) is 12.6. The van der Waals surface area contributed by atoms with Gasteiger partial charge in [0.2, 0.25) is 0 Å². The number of carbonyl (C=O) groups is 1. The standard InChI is InChI=1S/C17H16O5/c1-2-19-13-5-3-4-6-15(13)22-17(18)12-7-8-14-16(11-12)21-10-9-20-14/h3-8,11H,2,9-10H2,1H3. The summed E-state index contributed by atoms with van der Waals surface area (Å²) in [5.41, 5.74) is 0.399. The maximum absolute atomic E-state index is 12.3. The van der Waals surface area contributed by atoms with E-state index in [0.717, 1.165) is 0 Å². The number of fused-ring (bicyclic) bond motifs is 1. The maximum Gasteiger partial charge on any atom is 0.343 e. The highest BCUT2D eigenvalue weighted by Crippen LogP contribution is 2.32. The summed E-state index contributed by atoms with van der Waals surface area (Å²) in [6, 6.07) is 12.1. The number of hydrogen-bond acceptors (Lipinski definition) is 5. The van der Waals surface area contributed by atoms with Crippen molar-refractivity contribution >= 4 is 5.97 Å². The molecule has 0 saturated carbocycles. The Kier molecular flexibility index (Phi) is 4.14. The third kappa shape index (κ3) is 2.98. The minimum absolute atomic E-state index is 0.393. The molecule has 1 heterocycles. The van der Waals surface area contributed by atoms with E-state index in [0.29, 0.717) is 48.4 Å². The zero-order valence-electron chi connectivity index (χ0n) is 12.2. The molecule has 114 valence electrons. The van der Waals surface area contributed by atoms with E-state index in [1.807, 2.05) is 13.0 Å². The molecule has 0 aromatic heterocycles. The average Bonchev–Trinajstić information content (AvgIpc) is 2.56. The number of carbonyl (C=O) groups excluding carboxylic acids is 1. The summed E-state index contributed by atoms with van der Waals surface area (Å²) < 4.78 is 21.8. The van der Waals surface area contributed by atoms with Gasteiger partial charge >= 0.3 is 5.97 Å². The molecule has 0 spiro atoms. The molecule has 1 aliphatic rings. The molecule has 0 radical (unpaired) electrons. The third-order valence-corrected chi connectivity index (χ3v) is 3.13. The molecule has 0 unspecified atom stereocenters. The van der Waals surface area contributed by atoms with E-state index in [9.17, 15) is 4.79 Å². The molecule has 3 rings (SSSR count). The van der Waals surface area contributed by atoms with Gasteiger partial charge in [-0.3, -0.25) is 0 Å². The number of esters is 1. The molecule has 0 fully saturated rings. The monoisotopic (exact) mass is 300 g/mol. The second kappa shape index (κ2) is 6.39. The lowest BCUT2D eigenvalue weighted by Gasteiger charge is -2.18. The number of para-hydroxylation sites is 2. The molecular formula is C17H16O5. The van der Waals surface area contributed by atoms with Crippen LogP contribution < -0.4 is 18.9 Å². The van der Waals surface area contributed by atoms with Crippen molar-refractivity contribution in [3.05, 3.63) is 48.0 Å². The van der Waals surface area contributed by atoms with Crippen LogP contribution in [0.4, 0.5) is 0 Å². The zero-order valence-corrected chi connectivity index (χ0v) is 12.2. The molecule has 2 aromatic rings. The minimum Gasteiger partial charge on any atom is -0.490 e. The second-order valence-electron chi connectivity index (χ2n) is 4.63. The van der Waals surface area contributed by atoms with E-state index in [1.54, 1.807) is 36.4 Å². The van der Waals surface area contributed by atoms with Crippen molar-refractivity contribution < 1.29 is 23.7 Å². The van der Waals surface area contributed by atoms with E-state index in [1.165, 1.54) is 0 Å². The first-order chi connectivity index (χ1) is 10.8. The van der Waals surface area contributed by atoms with Gasteiger partial charge in [-0.15, -0.1) is 0 Å². The van der Waals surface area contributed by atoms with E-state index >= 15 is 0 Å². The van der Waals surface area contributed by atoms with Gasteiger partial charge in [-0.25, -0.2) is 4.79 Å². The first-order valence-corrected chi connectivity index (χ1v) is 7.11. The summed E-state index contributed by atoms with van der Waals surface area (Å²) in [6.45, 7) is 3.36. The zero-order chi connectivity index (χ0) is 15.4. The van der Waals surface area contributed by atoms with Crippen LogP contribution in [-0.2, 0) is 0 Å². The lowest BCUT2D eigenvalue weighted by Crippen LogP contribution is -2.16. The molecule has 0 atom stereocenters. The van der Waals surface area contributed by atoms with E-state index in [4.69, 9.17) is 18.9 Å². The smallest absolute Gasteiger partial charge is 0.343 e. The summed E-state index contributed by atoms with van der Waals surface area (Å²) >= 11 is 0. The quantitative estimate of drug-likeness (QED) is 0.641. The molecule has 0 amide bonds.